The zero-order chi connectivity index (χ0) is 17.1. The molecule has 0 unspecified atom stereocenters. The van der Waals surface area contributed by atoms with Crippen molar-refractivity contribution < 1.29 is 26.4 Å². The number of halogens is 3. The molecule has 7 heteroatoms. The highest BCUT2D eigenvalue weighted by molar-refractivity contribution is 7.91. The summed E-state index contributed by atoms with van der Waals surface area (Å²) in [6, 6.07) is 12.0. The quantitative estimate of drug-likeness (QED) is 0.782. The Morgan fingerprint density at radius 2 is 1.61 bits per heavy atom. The van der Waals surface area contributed by atoms with E-state index in [0.717, 1.165) is 12.1 Å². The van der Waals surface area contributed by atoms with Gasteiger partial charge in [-0.15, -0.1) is 0 Å². The molecule has 0 saturated heterocycles. The van der Waals surface area contributed by atoms with Gasteiger partial charge in [0.2, 0.25) is 0 Å². The smallest absolute Gasteiger partial charge is 0.293 e. The van der Waals surface area contributed by atoms with Crippen LogP contribution in [0.15, 0.2) is 54.6 Å². The second-order valence-electron chi connectivity index (χ2n) is 5.02. The van der Waals surface area contributed by atoms with Gasteiger partial charge in [-0.2, -0.15) is 13.2 Å². The van der Waals surface area contributed by atoms with E-state index in [0.29, 0.717) is 11.6 Å². The SMILES string of the molecule is O=C(CS(=O)(=O)Cc1ccccc1)c1cccc(C(F)(F)F)c1. The molecule has 2 aromatic rings. The molecule has 2 rings (SSSR count). The third-order valence-electron chi connectivity index (χ3n) is 3.09. The van der Waals surface area contributed by atoms with Crippen molar-refractivity contribution in [2.24, 2.45) is 0 Å². The van der Waals surface area contributed by atoms with Crippen LogP contribution in [-0.2, 0) is 21.8 Å². The number of benzene rings is 2. The molecule has 0 spiro atoms. The lowest BCUT2D eigenvalue weighted by Gasteiger charge is -2.08. The Kier molecular flexibility index (Phi) is 4.89. The average molecular weight is 342 g/mol. The van der Waals surface area contributed by atoms with Crippen molar-refractivity contribution in [3.63, 3.8) is 0 Å². The van der Waals surface area contributed by atoms with Crippen LogP contribution in [0.5, 0.6) is 0 Å². The van der Waals surface area contributed by atoms with Crippen molar-refractivity contribution in [3.05, 3.63) is 71.3 Å². The van der Waals surface area contributed by atoms with Crippen molar-refractivity contribution >= 4 is 15.6 Å². The highest BCUT2D eigenvalue weighted by atomic mass is 32.2. The molecular weight excluding hydrogens is 329 g/mol. The first-order valence-corrected chi connectivity index (χ1v) is 8.44. The van der Waals surface area contributed by atoms with Gasteiger partial charge in [0.25, 0.3) is 0 Å². The normalized spacial score (nSPS) is 12.1. The van der Waals surface area contributed by atoms with Gasteiger partial charge < -0.3 is 0 Å². The van der Waals surface area contributed by atoms with Gasteiger partial charge in [-0.1, -0.05) is 42.5 Å². The van der Waals surface area contributed by atoms with Crippen molar-refractivity contribution in [1.29, 1.82) is 0 Å². The summed E-state index contributed by atoms with van der Waals surface area (Å²) >= 11 is 0. The number of carbonyl (C=O) groups is 1. The molecule has 2 aromatic carbocycles. The van der Waals surface area contributed by atoms with E-state index in [4.69, 9.17) is 0 Å². The Morgan fingerprint density at radius 3 is 2.22 bits per heavy atom. The summed E-state index contributed by atoms with van der Waals surface area (Å²) < 4.78 is 61.9. The van der Waals surface area contributed by atoms with Gasteiger partial charge in [0.1, 0.15) is 5.75 Å². The summed E-state index contributed by atoms with van der Waals surface area (Å²) in [4.78, 5) is 12.0. The van der Waals surface area contributed by atoms with Crippen LogP contribution in [-0.4, -0.2) is 20.0 Å². The number of rotatable bonds is 5. The van der Waals surface area contributed by atoms with E-state index < -0.39 is 33.1 Å². The van der Waals surface area contributed by atoms with E-state index in [1.54, 1.807) is 30.3 Å². The standard InChI is InChI=1S/C16H13F3O3S/c17-16(18,19)14-8-4-7-13(9-14)15(20)11-23(21,22)10-12-5-2-1-3-6-12/h1-9H,10-11H2. The van der Waals surface area contributed by atoms with Crippen LogP contribution in [0.3, 0.4) is 0 Å². The maximum Gasteiger partial charge on any atom is 0.416 e. The molecule has 0 aliphatic rings. The van der Waals surface area contributed by atoms with Crippen LogP contribution >= 0.6 is 0 Å². The minimum Gasteiger partial charge on any atom is -0.293 e. The second kappa shape index (κ2) is 6.54. The van der Waals surface area contributed by atoms with E-state index >= 15 is 0 Å². The van der Waals surface area contributed by atoms with E-state index in [9.17, 15) is 26.4 Å². The van der Waals surface area contributed by atoms with Crippen LogP contribution < -0.4 is 0 Å². The van der Waals surface area contributed by atoms with Crippen molar-refractivity contribution in [1.82, 2.24) is 0 Å². The first kappa shape index (κ1) is 17.2. The molecule has 3 nitrogen and oxygen atoms in total. The summed E-state index contributed by atoms with van der Waals surface area (Å²) in [7, 11) is -3.76. The van der Waals surface area contributed by atoms with E-state index in [-0.39, 0.29) is 11.3 Å². The molecule has 0 radical (unpaired) electrons. The summed E-state index contributed by atoms with van der Waals surface area (Å²) in [5, 5.41) is 0. The van der Waals surface area contributed by atoms with Gasteiger partial charge >= 0.3 is 6.18 Å². The topological polar surface area (TPSA) is 51.2 Å². The minimum atomic E-state index is -4.58. The number of hydrogen-bond acceptors (Lipinski definition) is 3. The Balaban J connectivity index is 2.15. The van der Waals surface area contributed by atoms with Crippen molar-refractivity contribution in [3.8, 4) is 0 Å². The number of carbonyl (C=O) groups excluding carboxylic acids is 1. The number of ketones is 1. The second-order valence-corrected chi connectivity index (χ2v) is 7.08. The number of Topliss-reactive ketones (excluding diaryl/α,β-unsaturated/α-hetero) is 1. The van der Waals surface area contributed by atoms with Crippen molar-refractivity contribution in [2.75, 3.05) is 5.75 Å². The van der Waals surface area contributed by atoms with Gasteiger partial charge in [-0.3, -0.25) is 4.79 Å². The molecule has 0 N–H and O–H groups in total. The molecule has 122 valence electrons. The number of alkyl halides is 3. The van der Waals surface area contributed by atoms with Crippen LogP contribution in [0.1, 0.15) is 21.5 Å². The van der Waals surface area contributed by atoms with Gasteiger partial charge in [-0.05, 0) is 17.7 Å². The van der Waals surface area contributed by atoms with Gasteiger partial charge in [-0.25, -0.2) is 8.42 Å². The lowest BCUT2D eigenvalue weighted by atomic mass is 10.1. The highest BCUT2D eigenvalue weighted by Crippen LogP contribution is 2.29. The Bertz CT molecular complexity index is 797. The monoisotopic (exact) mass is 342 g/mol. The first-order valence-electron chi connectivity index (χ1n) is 6.62. The highest BCUT2D eigenvalue weighted by Gasteiger charge is 2.31. The Labute approximate surface area is 131 Å². The summed E-state index contributed by atoms with van der Waals surface area (Å²) in [6.45, 7) is 0. The molecule has 0 aromatic heterocycles. The van der Waals surface area contributed by atoms with E-state index in [2.05, 4.69) is 0 Å². The van der Waals surface area contributed by atoms with Crippen molar-refractivity contribution in [2.45, 2.75) is 11.9 Å². The molecule has 0 amide bonds. The Hall–Kier alpha value is -2.15. The summed E-state index contributed by atoms with van der Waals surface area (Å²) in [6.07, 6.45) is -4.58. The average Bonchev–Trinajstić information content (AvgIpc) is 2.46. The molecular formula is C16H13F3O3S. The summed E-state index contributed by atoms with van der Waals surface area (Å²) in [5.74, 6) is -2.02. The lowest BCUT2D eigenvalue weighted by Crippen LogP contribution is -2.18. The molecule has 0 aliphatic heterocycles. The minimum absolute atomic E-state index is 0.267. The largest absolute Gasteiger partial charge is 0.416 e. The Morgan fingerprint density at radius 1 is 0.957 bits per heavy atom. The zero-order valence-corrected chi connectivity index (χ0v) is 12.7. The fourth-order valence-electron chi connectivity index (χ4n) is 2.03. The van der Waals surface area contributed by atoms with E-state index in [1.807, 2.05) is 0 Å². The maximum absolute atomic E-state index is 12.6. The van der Waals surface area contributed by atoms with E-state index in [1.165, 1.54) is 6.07 Å². The maximum atomic E-state index is 12.6. The fraction of sp³-hybridized carbons (Fsp3) is 0.188. The van der Waals surface area contributed by atoms with Gasteiger partial charge in [0.05, 0.1) is 11.3 Å². The van der Waals surface area contributed by atoms with Crippen LogP contribution in [0, 0.1) is 0 Å². The van der Waals surface area contributed by atoms with Crippen LogP contribution in [0.4, 0.5) is 13.2 Å². The molecule has 0 atom stereocenters. The predicted octanol–water partition coefficient (Wildman–Crippen LogP) is 3.50. The lowest BCUT2D eigenvalue weighted by molar-refractivity contribution is -0.137. The third-order valence-corrected chi connectivity index (χ3v) is 4.57. The molecule has 0 heterocycles. The number of sulfone groups is 1. The first-order chi connectivity index (χ1) is 10.7. The van der Waals surface area contributed by atoms with Crippen LogP contribution in [0.2, 0.25) is 0 Å². The van der Waals surface area contributed by atoms with Crippen LogP contribution in [0.25, 0.3) is 0 Å². The fourth-order valence-corrected chi connectivity index (χ4v) is 3.40. The molecule has 0 aliphatic carbocycles. The molecule has 0 fully saturated rings. The predicted molar refractivity (Wildman–Crippen MR) is 79.7 cm³/mol. The molecule has 0 saturated carbocycles. The van der Waals surface area contributed by atoms with Gasteiger partial charge in [0, 0.05) is 5.56 Å². The number of hydrogen-bond donors (Lipinski definition) is 0. The zero-order valence-electron chi connectivity index (χ0n) is 11.9. The third kappa shape index (κ3) is 4.92. The summed E-state index contributed by atoms with van der Waals surface area (Å²) in [5.41, 5.74) is -0.732. The van der Waals surface area contributed by atoms with Gasteiger partial charge in [0.15, 0.2) is 15.6 Å². The molecule has 23 heavy (non-hydrogen) atoms. The molecule has 0 bridgehead atoms.